The Kier molecular flexibility index (Phi) is 4.69. The van der Waals surface area contributed by atoms with E-state index in [1.165, 1.54) is 28.2 Å². The predicted octanol–water partition coefficient (Wildman–Crippen LogP) is 0.670. The van der Waals surface area contributed by atoms with E-state index in [0.29, 0.717) is 12.2 Å². The molecule has 3 rings (SSSR count). The van der Waals surface area contributed by atoms with Crippen molar-refractivity contribution in [3.8, 4) is 0 Å². The van der Waals surface area contributed by atoms with Crippen molar-refractivity contribution in [2.24, 2.45) is 0 Å². The van der Waals surface area contributed by atoms with Crippen LogP contribution in [0, 0.1) is 0 Å². The van der Waals surface area contributed by atoms with Crippen LogP contribution >= 0.6 is 0 Å². The van der Waals surface area contributed by atoms with Crippen molar-refractivity contribution in [3.63, 3.8) is 0 Å². The summed E-state index contributed by atoms with van der Waals surface area (Å²) in [6.45, 7) is 2.14. The number of hydrogen-bond donors (Lipinski definition) is 2. The molecule has 126 valence electrons. The molecule has 0 radical (unpaired) electrons. The van der Waals surface area contributed by atoms with E-state index >= 15 is 0 Å². The highest BCUT2D eigenvalue weighted by molar-refractivity contribution is 7.90. The lowest BCUT2D eigenvalue weighted by atomic mass is 10.00. The Balaban J connectivity index is 1.63. The molecule has 6 heteroatoms. The molecular weight excluding hydrogens is 324 g/mol. The minimum atomic E-state index is -3.28. The Morgan fingerprint density at radius 1 is 1.12 bits per heavy atom. The van der Waals surface area contributed by atoms with Gasteiger partial charge in [-0.1, -0.05) is 30.3 Å². The minimum Gasteiger partial charge on any atom is -0.323 e. The van der Waals surface area contributed by atoms with Gasteiger partial charge in [0.15, 0.2) is 16.4 Å². The van der Waals surface area contributed by atoms with Gasteiger partial charge in [-0.15, -0.1) is 0 Å². The molecule has 0 bridgehead atoms. The van der Waals surface area contributed by atoms with Gasteiger partial charge in [0, 0.05) is 23.9 Å². The lowest BCUT2D eigenvalue weighted by Crippen LogP contribution is -3.12. The maximum Gasteiger partial charge on any atom is 0.279 e. The summed E-state index contributed by atoms with van der Waals surface area (Å²) in [6, 6.07) is 14.7. The molecule has 2 N–H and O–H groups in total. The third kappa shape index (κ3) is 4.01. The predicted molar refractivity (Wildman–Crippen MR) is 92.7 cm³/mol. The van der Waals surface area contributed by atoms with Crippen LogP contribution in [0.15, 0.2) is 53.4 Å². The van der Waals surface area contributed by atoms with Crippen LogP contribution in [0.1, 0.15) is 11.1 Å². The van der Waals surface area contributed by atoms with Crippen molar-refractivity contribution >= 4 is 21.4 Å². The lowest BCUT2D eigenvalue weighted by Gasteiger charge is -2.25. The summed E-state index contributed by atoms with van der Waals surface area (Å²) < 4.78 is 23.2. The fourth-order valence-electron chi connectivity index (χ4n) is 3.03. The average molecular weight is 345 g/mol. The molecular formula is C18H21N2O3S+. The van der Waals surface area contributed by atoms with Crippen molar-refractivity contribution in [2.45, 2.75) is 17.9 Å². The highest BCUT2D eigenvalue weighted by Crippen LogP contribution is 2.15. The van der Waals surface area contributed by atoms with E-state index in [2.05, 4.69) is 17.4 Å². The van der Waals surface area contributed by atoms with E-state index < -0.39 is 9.84 Å². The fraction of sp³-hybridized carbons (Fsp3) is 0.278. The summed E-state index contributed by atoms with van der Waals surface area (Å²) >= 11 is 0. The van der Waals surface area contributed by atoms with Crippen LogP contribution < -0.4 is 10.2 Å². The molecule has 2 aromatic rings. The number of hydrogen-bond acceptors (Lipinski definition) is 3. The quantitative estimate of drug-likeness (QED) is 0.856. The molecule has 1 unspecified atom stereocenters. The Morgan fingerprint density at radius 2 is 1.88 bits per heavy atom. The topological polar surface area (TPSA) is 67.7 Å². The number of rotatable bonds is 4. The Hall–Kier alpha value is -2.18. The Bertz CT molecular complexity index is 862. The van der Waals surface area contributed by atoms with E-state index in [9.17, 15) is 13.2 Å². The zero-order valence-corrected chi connectivity index (χ0v) is 14.4. The van der Waals surface area contributed by atoms with Crippen LogP contribution in [0.4, 0.5) is 5.69 Å². The van der Waals surface area contributed by atoms with Crippen molar-refractivity contribution in [2.75, 3.05) is 24.7 Å². The van der Waals surface area contributed by atoms with Gasteiger partial charge in [-0.25, -0.2) is 8.42 Å². The molecule has 24 heavy (non-hydrogen) atoms. The number of carbonyl (C=O) groups is 1. The Morgan fingerprint density at radius 3 is 2.62 bits per heavy atom. The molecule has 2 aromatic carbocycles. The molecule has 0 saturated heterocycles. The minimum absolute atomic E-state index is 0.102. The van der Waals surface area contributed by atoms with Crippen LogP contribution in [-0.2, 0) is 27.6 Å². The van der Waals surface area contributed by atoms with E-state index in [0.717, 1.165) is 25.8 Å². The van der Waals surface area contributed by atoms with E-state index in [-0.39, 0.29) is 10.8 Å². The molecule has 0 fully saturated rings. The summed E-state index contributed by atoms with van der Waals surface area (Å²) in [5, 5.41) is 2.80. The van der Waals surface area contributed by atoms with Gasteiger partial charge >= 0.3 is 0 Å². The first kappa shape index (κ1) is 16.7. The van der Waals surface area contributed by atoms with Crippen LogP contribution in [-0.4, -0.2) is 33.7 Å². The Labute approximate surface area is 142 Å². The van der Waals surface area contributed by atoms with Gasteiger partial charge in [0.2, 0.25) is 0 Å². The van der Waals surface area contributed by atoms with Gasteiger partial charge in [-0.2, -0.15) is 0 Å². The van der Waals surface area contributed by atoms with E-state index in [1.807, 2.05) is 12.1 Å². The largest absolute Gasteiger partial charge is 0.323 e. The SMILES string of the molecule is CS(=O)(=O)c1cccc(NC(=O)C[NH+]2CCc3ccccc3C2)c1. The third-order valence-corrected chi connectivity index (χ3v) is 5.37. The second-order valence-electron chi connectivity index (χ2n) is 6.22. The molecule has 1 heterocycles. The van der Waals surface area contributed by atoms with E-state index in [1.54, 1.807) is 12.1 Å². The molecule has 1 aliphatic rings. The zero-order valence-electron chi connectivity index (χ0n) is 13.6. The first-order chi connectivity index (χ1) is 11.4. The van der Waals surface area contributed by atoms with Crippen molar-refractivity contribution in [1.29, 1.82) is 0 Å². The molecule has 0 aliphatic carbocycles. The normalized spacial score (nSPS) is 17.1. The second-order valence-corrected chi connectivity index (χ2v) is 8.24. The van der Waals surface area contributed by atoms with Gasteiger partial charge in [-0.05, 0) is 23.8 Å². The van der Waals surface area contributed by atoms with Crippen molar-refractivity contribution < 1.29 is 18.1 Å². The molecule has 5 nitrogen and oxygen atoms in total. The number of quaternary nitrogens is 1. The van der Waals surface area contributed by atoms with Gasteiger partial charge < -0.3 is 10.2 Å². The molecule has 0 spiro atoms. The average Bonchev–Trinajstić information content (AvgIpc) is 2.54. The summed E-state index contributed by atoms with van der Waals surface area (Å²) in [5.41, 5.74) is 3.17. The maximum absolute atomic E-state index is 12.3. The van der Waals surface area contributed by atoms with Crippen molar-refractivity contribution in [1.82, 2.24) is 0 Å². The maximum atomic E-state index is 12.3. The highest BCUT2D eigenvalue weighted by atomic mass is 32.2. The number of benzene rings is 2. The van der Waals surface area contributed by atoms with Crippen LogP contribution in [0.2, 0.25) is 0 Å². The molecule has 1 aliphatic heterocycles. The number of anilines is 1. The lowest BCUT2D eigenvalue weighted by molar-refractivity contribution is -0.907. The number of amides is 1. The summed E-state index contributed by atoms with van der Waals surface area (Å²) in [6.07, 6.45) is 2.13. The van der Waals surface area contributed by atoms with Crippen LogP contribution in [0.5, 0.6) is 0 Å². The smallest absolute Gasteiger partial charge is 0.279 e. The summed E-state index contributed by atoms with van der Waals surface area (Å²) in [5.74, 6) is -0.102. The molecule has 0 saturated carbocycles. The van der Waals surface area contributed by atoms with E-state index in [4.69, 9.17) is 0 Å². The molecule has 1 amide bonds. The number of sulfone groups is 1. The number of fused-ring (bicyclic) bond motifs is 1. The molecule has 1 atom stereocenters. The summed E-state index contributed by atoms with van der Waals surface area (Å²) in [4.78, 5) is 13.7. The monoisotopic (exact) mass is 345 g/mol. The zero-order chi connectivity index (χ0) is 17.2. The third-order valence-electron chi connectivity index (χ3n) is 4.26. The van der Waals surface area contributed by atoms with Gasteiger partial charge in [0.1, 0.15) is 6.54 Å². The van der Waals surface area contributed by atoms with Crippen LogP contribution in [0.3, 0.4) is 0 Å². The second kappa shape index (κ2) is 6.75. The van der Waals surface area contributed by atoms with Crippen molar-refractivity contribution in [3.05, 3.63) is 59.7 Å². The van der Waals surface area contributed by atoms with Gasteiger partial charge in [0.05, 0.1) is 11.4 Å². The first-order valence-corrected chi connectivity index (χ1v) is 9.81. The fourth-order valence-corrected chi connectivity index (χ4v) is 3.70. The van der Waals surface area contributed by atoms with Gasteiger partial charge in [-0.3, -0.25) is 4.79 Å². The number of nitrogens with one attached hydrogen (secondary N) is 2. The van der Waals surface area contributed by atoms with Gasteiger partial charge in [0.25, 0.3) is 5.91 Å². The number of carbonyl (C=O) groups excluding carboxylic acids is 1. The van der Waals surface area contributed by atoms with Crippen LogP contribution in [0.25, 0.3) is 0 Å². The standard InChI is InChI=1S/C18H20N2O3S/c1-24(22,23)17-8-4-7-16(11-17)19-18(21)13-20-10-9-14-5-2-3-6-15(14)12-20/h2-8,11H,9-10,12-13H2,1H3,(H,19,21)/p+1. The first-order valence-electron chi connectivity index (χ1n) is 7.92. The summed E-state index contributed by atoms with van der Waals surface area (Å²) in [7, 11) is -3.28. The molecule has 0 aromatic heterocycles. The highest BCUT2D eigenvalue weighted by Gasteiger charge is 2.21.